The van der Waals surface area contributed by atoms with E-state index >= 15 is 0 Å². The van der Waals surface area contributed by atoms with E-state index in [4.69, 9.17) is 0 Å². The van der Waals surface area contributed by atoms with E-state index in [0.29, 0.717) is 5.56 Å². The molecule has 0 saturated carbocycles. The molecule has 0 aliphatic carbocycles. The summed E-state index contributed by atoms with van der Waals surface area (Å²) in [6.45, 7) is 1.98. The number of halogens is 4. The van der Waals surface area contributed by atoms with Crippen LogP contribution in [0.3, 0.4) is 0 Å². The standard InChI is InChI=1S/C14H10Br2F2/c1-8-10(3-2-4-11(8)15)14(16)9-5-6-12(17)13(18)7-9/h2-7,14H,1H3. The summed E-state index contributed by atoms with van der Waals surface area (Å²) in [5, 5.41) is 0. The average Bonchev–Trinajstić information content (AvgIpc) is 2.35. The first-order chi connectivity index (χ1) is 8.50. The fourth-order valence-electron chi connectivity index (χ4n) is 1.75. The van der Waals surface area contributed by atoms with Gasteiger partial charge in [-0.1, -0.05) is 50.1 Å². The summed E-state index contributed by atoms with van der Waals surface area (Å²) >= 11 is 6.99. The van der Waals surface area contributed by atoms with Gasteiger partial charge in [0.25, 0.3) is 0 Å². The maximum Gasteiger partial charge on any atom is 0.159 e. The zero-order valence-corrected chi connectivity index (χ0v) is 12.7. The number of rotatable bonds is 2. The van der Waals surface area contributed by atoms with Crippen LogP contribution in [0.25, 0.3) is 0 Å². The minimum Gasteiger partial charge on any atom is -0.204 e. The van der Waals surface area contributed by atoms with Crippen molar-refractivity contribution in [2.24, 2.45) is 0 Å². The number of alkyl halides is 1. The Bertz CT molecular complexity index is 582. The highest BCUT2D eigenvalue weighted by Crippen LogP contribution is 2.35. The van der Waals surface area contributed by atoms with Crippen LogP contribution in [0.5, 0.6) is 0 Å². The minimum atomic E-state index is -0.829. The van der Waals surface area contributed by atoms with Crippen LogP contribution < -0.4 is 0 Å². The Balaban J connectivity index is 2.44. The van der Waals surface area contributed by atoms with Crippen LogP contribution >= 0.6 is 31.9 Å². The lowest BCUT2D eigenvalue weighted by Crippen LogP contribution is -1.98. The van der Waals surface area contributed by atoms with Crippen LogP contribution in [0.1, 0.15) is 21.5 Å². The first-order valence-electron chi connectivity index (χ1n) is 5.34. The molecule has 0 radical (unpaired) electrons. The highest BCUT2D eigenvalue weighted by atomic mass is 79.9. The van der Waals surface area contributed by atoms with Crippen molar-refractivity contribution in [1.29, 1.82) is 0 Å². The minimum absolute atomic E-state index is 0.162. The predicted molar refractivity (Wildman–Crippen MR) is 76.0 cm³/mol. The Morgan fingerprint density at radius 1 is 1.06 bits per heavy atom. The average molecular weight is 376 g/mol. The molecule has 0 aromatic heterocycles. The number of benzene rings is 2. The van der Waals surface area contributed by atoms with Gasteiger partial charge in [-0.25, -0.2) is 8.78 Å². The Hall–Kier alpha value is -0.740. The zero-order chi connectivity index (χ0) is 13.3. The molecule has 0 heterocycles. The van der Waals surface area contributed by atoms with Gasteiger partial charge in [-0.3, -0.25) is 0 Å². The molecule has 0 aliphatic rings. The molecule has 0 fully saturated rings. The predicted octanol–water partition coefficient (Wildman–Crippen LogP) is 5.52. The molecule has 2 aromatic rings. The summed E-state index contributed by atoms with van der Waals surface area (Å²) in [4.78, 5) is -0.162. The highest BCUT2D eigenvalue weighted by molar-refractivity contribution is 9.10. The third kappa shape index (κ3) is 2.64. The quantitative estimate of drug-likeness (QED) is 0.606. The Morgan fingerprint density at radius 2 is 1.78 bits per heavy atom. The fourth-order valence-corrected chi connectivity index (χ4v) is 2.91. The molecule has 0 bridgehead atoms. The molecule has 0 amide bonds. The molecule has 1 unspecified atom stereocenters. The molecule has 2 aromatic carbocycles. The number of hydrogen-bond acceptors (Lipinski definition) is 0. The Kier molecular flexibility index (Phi) is 4.17. The van der Waals surface area contributed by atoms with Crippen molar-refractivity contribution in [2.45, 2.75) is 11.8 Å². The van der Waals surface area contributed by atoms with Crippen LogP contribution in [-0.2, 0) is 0 Å². The summed E-state index contributed by atoms with van der Waals surface area (Å²) in [5.74, 6) is -1.66. The molecular weight excluding hydrogens is 366 g/mol. The van der Waals surface area contributed by atoms with Crippen LogP contribution in [-0.4, -0.2) is 0 Å². The smallest absolute Gasteiger partial charge is 0.159 e. The van der Waals surface area contributed by atoms with Crippen LogP contribution in [0.4, 0.5) is 8.78 Å². The van der Waals surface area contributed by atoms with Crippen LogP contribution in [0.15, 0.2) is 40.9 Å². The van der Waals surface area contributed by atoms with E-state index in [1.807, 2.05) is 25.1 Å². The SMILES string of the molecule is Cc1c(Br)cccc1C(Br)c1ccc(F)c(F)c1. The van der Waals surface area contributed by atoms with Crippen molar-refractivity contribution in [2.75, 3.05) is 0 Å². The van der Waals surface area contributed by atoms with Gasteiger partial charge in [0, 0.05) is 4.47 Å². The van der Waals surface area contributed by atoms with E-state index in [-0.39, 0.29) is 4.83 Å². The van der Waals surface area contributed by atoms with Crippen LogP contribution in [0, 0.1) is 18.6 Å². The molecular formula is C14H10Br2F2. The van der Waals surface area contributed by atoms with Crippen molar-refractivity contribution >= 4 is 31.9 Å². The molecule has 18 heavy (non-hydrogen) atoms. The van der Waals surface area contributed by atoms with Gasteiger partial charge in [0.05, 0.1) is 4.83 Å². The van der Waals surface area contributed by atoms with Gasteiger partial charge in [0.15, 0.2) is 11.6 Å². The summed E-state index contributed by atoms with van der Waals surface area (Å²) < 4.78 is 27.1. The number of hydrogen-bond donors (Lipinski definition) is 0. The van der Waals surface area contributed by atoms with E-state index in [1.54, 1.807) is 6.07 Å². The van der Waals surface area contributed by atoms with Crippen molar-refractivity contribution in [3.05, 3.63) is 69.2 Å². The molecule has 0 spiro atoms. The molecule has 0 aliphatic heterocycles. The third-order valence-electron chi connectivity index (χ3n) is 2.82. The summed E-state index contributed by atoms with van der Waals surface area (Å²) in [6, 6.07) is 9.77. The first-order valence-corrected chi connectivity index (χ1v) is 7.05. The summed E-state index contributed by atoms with van der Waals surface area (Å²) in [7, 11) is 0. The molecule has 4 heteroatoms. The van der Waals surface area contributed by atoms with Gasteiger partial charge in [-0.15, -0.1) is 0 Å². The normalized spacial score (nSPS) is 12.5. The first kappa shape index (κ1) is 13.7. The molecule has 1 atom stereocenters. The summed E-state index contributed by atoms with van der Waals surface area (Å²) in [5.41, 5.74) is 2.79. The van der Waals surface area contributed by atoms with Crippen molar-refractivity contribution in [3.63, 3.8) is 0 Å². The topological polar surface area (TPSA) is 0 Å². The van der Waals surface area contributed by atoms with E-state index in [2.05, 4.69) is 31.9 Å². The van der Waals surface area contributed by atoms with Crippen molar-refractivity contribution in [3.8, 4) is 0 Å². The molecule has 94 valence electrons. The molecule has 0 N–H and O–H groups in total. The molecule has 0 nitrogen and oxygen atoms in total. The second-order valence-corrected chi connectivity index (χ2v) is 5.76. The lowest BCUT2D eigenvalue weighted by molar-refractivity contribution is 0.507. The van der Waals surface area contributed by atoms with Gasteiger partial charge in [-0.05, 0) is 41.8 Å². The monoisotopic (exact) mass is 374 g/mol. The lowest BCUT2D eigenvalue weighted by atomic mass is 10.0. The van der Waals surface area contributed by atoms with E-state index in [0.717, 1.165) is 21.7 Å². The fraction of sp³-hybridized carbons (Fsp3) is 0.143. The van der Waals surface area contributed by atoms with Crippen molar-refractivity contribution in [1.82, 2.24) is 0 Å². The van der Waals surface area contributed by atoms with Gasteiger partial charge in [0.1, 0.15) is 0 Å². The van der Waals surface area contributed by atoms with Gasteiger partial charge < -0.3 is 0 Å². The zero-order valence-electron chi connectivity index (χ0n) is 9.55. The van der Waals surface area contributed by atoms with Gasteiger partial charge in [0.2, 0.25) is 0 Å². The van der Waals surface area contributed by atoms with E-state index < -0.39 is 11.6 Å². The summed E-state index contributed by atoms with van der Waals surface area (Å²) in [6.07, 6.45) is 0. The van der Waals surface area contributed by atoms with Gasteiger partial charge >= 0.3 is 0 Å². The maximum absolute atomic E-state index is 13.2. The molecule has 0 saturated heterocycles. The Labute approximate surface area is 121 Å². The highest BCUT2D eigenvalue weighted by Gasteiger charge is 2.15. The van der Waals surface area contributed by atoms with Gasteiger partial charge in [-0.2, -0.15) is 0 Å². The Morgan fingerprint density at radius 3 is 2.44 bits per heavy atom. The second kappa shape index (κ2) is 5.49. The van der Waals surface area contributed by atoms with E-state index in [9.17, 15) is 8.78 Å². The van der Waals surface area contributed by atoms with Crippen LogP contribution in [0.2, 0.25) is 0 Å². The van der Waals surface area contributed by atoms with E-state index in [1.165, 1.54) is 6.07 Å². The largest absolute Gasteiger partial charge is 0.204 e. The van der Waals surface area contributed by atoms with Crippen molar-refractivity contribution < 1.29 is 8.78 Å². The third-order valence-corrected chi connectivity index (χ3v) is 4.70. The maximum atomic E-state index is 13.2. The lowest BCUT2D eigenvalue weighted by Gasteiger charge is -2.14. The second-order valence-electron chi connectivity index (χ2n) is 3.99. The molecule has 2 rings (SSSR count).